The van der Waals surface area contributed by atoms with Crippen LogP contribution in [-0.2, 0) is 4.79 Å². The average molecular weight is 294 g/mol. The maximum absolute atomic E-state index is 12.8. The standard InChI is InChI=1S/C16H13F3O2/c1-21-12-6-4-9(5-7-12)13-10-2-3-11(8-10)14(13)15(20)16(17,18)19/h2-7,10-11H,8H2,1H3. The Labute approximate surface area is 119 Å². The number of rotatable bonds is 3. The Bertz CT molecular complexity index is 638. The Morgan fingerprint density at radius 2 is 1.76 bits per heavy atom. The van der Waals surface area contributed by atoms with E-state index in [1.807, 2.05) is 6.08 Å². The van der Waals surface area contributed by atoms with E-state index >= 15 is 0 Å². The first-order valence-electron chi connectivity index (χ1n) is 6.60. The van der Waals surface area contributed by atoms with Gasteiger partial charge in [-0.15, -0.1) is 0 Å². The fourth-order valence-corrected chi connectivity index (χ4v) is 3.11. The van der Waals surface area contributed by atoms with E-state index in [4.69, 9.17) is 4.74 Å². The normalized spacial score (nSPS) is 23.8. The van der Waals surface area contributed by atoms with Crippen molar-refractivity contribution >= 4 is 11.4 Å². The van der Waals surface area contributed by atoms with Crippen LogP contribution in [0.25, 0.3) is 5.57 Å². The first-order chi connectivity index (χ1) is 9.91. The molecular formula is C16H13F3O2. The molecular weight excluding hydrogens is 281 g/mol. The van der Waals surface area contributed by atoms with Crippen molar-refractivity contribution < 1.29 is 22.7 Å². The van der Waals surface area contributed by atoms with Gasteiger partial charge in [0, 0.05) is 17.4 Å². The molecule has 2 atom stereocenters. The number of fused-ring (bicyclic) bond motifs is 2. The van der Waals surface area contributed by atoms with Crippen molar-refractivity contribution in [1.29, 1.82) is 0 Å². The highest BCUT2D eigenvalue weighted by atomic mass is 19.4. The number of methoxy groups -OCH3 is 1. The molecule has 0 N–H and O–H groups in total. The maximum atomic E-state index is 12.8. The number of benzene rings is 1. The maximum Gasteiger partial charge on any atom is 0.454 e. The van der Waals surface area contributed by atoms with Gasteiger partial charge in [0.15, 0.2) is 0 Å². The first-order valence-corrected chi connectivity index (χ1v) is 6.60. The van der Waals surface area contributed by atoms with E-state index in [0.717, 1.165) is 0 Å². The van der Waals surface area contributed by atoms with Crippen LogP contribution in [-0.4, -0.2) is 19.1 Å². The fourth-order valence-electron chi connectivity index (χ4n) is 3.11. The lowest BCUT2D eigenvalue weighted by Gasteiger charge is -2.17. The molecule has 0 amide bonds. The SMILES string of the molecule is COc1ccc(C2=C(C(=O)C(F)(F)F)C3C=CC2C3)cc1. The number of ether oxygens (including phenoxy) is 1. The highest BCUT2D eigenvalue weighted by molar-refractivity contribution is 6.08. The molecule has 2 aliphatic carbocycles. The summed E-state index contributed by atoms with van der Waals surface area (Å²) >= 11 is 0. The summed E-state index contributed by atoms with van der Waals surface area (Å²) in [5.41, 5.74) is 1.06. The van der Waals surface area contributed by atoms with Crippen LogP contribution in [0.5, 0.6) is 5.75 Å². The molecule has 0 heterocycles. The minimum atomic E-state index is -4.83. The summed E-state index contributed by atoms with van der Waals surface area (Å²) in [6.45, 7) is 0. The average Bonchev–Trinajstić information content (AvgIpc) is 3.06. The van der Waals surface area contributed by atoms with Crippen molar-refractivity contribution in [2.75, 3.05) is 7.11 Å². The van der Waals surface area contributed by atoms with E-state index in [-0.39, 0.29) is 11.5 Å². The summed E-state index contributed by atoms with van der Waals surface area (Å²) in [5, 5.41) is 0. The molecule has 2 aliphatic rings. The van der Waals surface area contributed by atoms with Gasteiger partial charge in [0.2, 0.25) is 0 Å². The van der Waals surface area contributed by atoms with Gasteiger partial charge < -0.3 is 4.74 Å². The molecule has 1 aromatic carbocycles. The number of ketones is 1. The third-order valence-corrected chi connectivity index (χ3v) is 4.02. The number of carbonyl (C=O) groups excluding carboxylic acids is 1. The van der Waals surface area contributed by atoms with E-state index in [1.165, 1.54) is 7.11 Å². The minimum absolute atomic E-state index is 0.0971. The van der Waals surface area contributed by atoms with Gasteiger partial charge in [-0.05, 0) is 29.7 Å². The zero-order valence-corrected chi connectivity index (χ0v) is 11.3. The van der Waals surface area contributed by atoms with E-state index in [1.54, 1.807) is 30.3 Å². The lowest BCUT2D eigenvalue weighted by molar-refractivity contribution is -0.166. The van der Waals surface area contributed by atoms with Crippen LogP contribution >= 0.6 is 0 Å². The summed E-state index contributed by atoms with van der Waals surface area (Å²) in [7, 11) is 1.52. The van der Waals surface area contributed by atoms with Crippen molar-refractivity contribution in [3.63, 3.8) is 0 Å². The molecule has 2 nitrogen and oxygen atoms in total. The highest BCUT2D eigenvalue weighted by Crippen LogP contribution is 2.50. The molecule has 3 rings (SSSR count). The van der Waals surface area contributed by atoms with E-state index in [9.17, 15) is 18.0 Å². The number of halogens is 3. The number of alkyl halides is 3. The van der Waals surface area contributed by atoms with Gasteiger partial charge in [0.05, 0.1) is 7.11 Å². The van der Waals surface area contributed by atoms with Crippen LogP contribution in [0.3, 0.4) is 0 Å². The van der Waals surface area contributed by atoms with Gasteiger partial charge in [-0.1, -0.05) is 24.3 Å². The van der Waals surface area contributed by atoms with Gasteiger partial charge in [-0.3, -0.25) is 4.79 Å². The minimum Gasteiger partial charge on any atom is -0.497 e. The monoisotopic (exact) mass is 294 g/mol. The Kier molecular flexibility index (Phi) is 3.15. The first kappa shape index (κ1) is 13.9. The van der Waals surface area contributed by atoms with Gasteiger partial charge in [0.1, 0.15) is 5.75 Å². The van der Waals surface area contributed by atoms with Crippen LogP contribution in [0.4, 0.5) is 13.2 Å². The highest BCUT2D eigenvalue weighted by Gasteiger charge is 2.48. The fraction of sp³-hybridized carbons (Fsp3) is 0.312. The van der Waals surface area contributed by atoms with Gasteiger partial charge >= 0.3 is 6.18 Å². The summed E-state index contributed by atoms with van der Waals surface area (Å²) in [6.07, 6.45) is -0.683. The third kappa shape index (κ3) is 2.26. The van der Waals surface area contributed by atoms with Gasteiger partial charge in [-0.25, -0.2) is 0 Å². The predicted molar refractivity (Wildman–Crippen MR) is 71.7 cm³/mol. The summed E-state index contributed by atoms with van der Waals surface area (Å²) < 4.78 is 43.5. The van der Waals surface area contributed by atoms with E-state index < -0.39 is 17.9 Å². The molecule has 0 radical (unpaired) electrons. The van der Waals surface area contributed by atoms with E-state index in [2.05, 4.69) is 0 Å². The van der Waals surface area contributed by atoms with Gasteiger partial charge in [-0.2, -0.15) is 13.2 Å². The quantitative estimate of drug-likeness (QED) is 0.793. The zero-order chi connectivity index (χ0) is 15.2. The topological polar surface area (TPSA) is 26.3 Å². The molecule has 0 aromatic heterocycles. The molecule has 2 bridgehead atoms. The number of hydrogen-bond donors (Lipinski definition) is 0. The van der Waals surface area contributed by atoms with Crippen molar-refractivity contribution in [2.45, 2.75) is 12.6 Å². The second-order valence-electron chi connectivity index (χ2n) is 5.22. The molecule has 0 fully saturated rings. The second-order valence-corrected chi connectivity index (χ2v) is 5.22. The molecule has 0 saturated carbocycles. The van der Waals surface area contributed by atoms with Crippen molar-refractivity contribution in [3.8, 4) is 5.75 Å². The molecule has 0 saturated heterocycles. The Hall–Kier alpha value is -2.04. The number of Topliss-reactive ketones (excluding diaryl/α,β-unsaturated/α-hetero) is 1. The van der Waals surface area contributed by atoms with Gasteiger partial charge in [0.25, 0.3) is 5.78 Å². The number of hydrogen-bond acceptors (Lipinski definition) is 2. The summed E-state index contributed by atoms with van der Waals surface area (Å²) in [6, 6.07) is 6.78. The smallest absolute Gasteiger partial charge is 0.454 e. The molecule has 110 valence electrons. The number of carbonyl (C=O) groups is 1. The molecule has 2 unspecified atom stereocenters. The summed E-state index contributed by atoms with van der Waals surface area (Å²) in [4.78, 5) is 11.7. The molecule has 21 heavy (non-hydrogen) atoms. The Balaban J connectivity index is 2.07. The largest absolute Gasteiger partial charge is 0.497 e. The lowest BCUT2D eigenvalue weighted by Crippen LogP contribution is -2.27. The number of allylic oxidation sites excluding steroid dienone is 4. The summed E-state index contributed by atoms with van der Waals surface area (Å²) in [5.74, 6) is -1.61. The molecule has 0 spiro atoms. The second kappa shape index (κ2) is 4.76. The van der Waals surface area contributed by atoms with Crippen molar-refractivity contribution in [2.24, 2.45) is 11.8 Å². The molecule has 1 aromatic rings. The van der Waals surface area contributed by atoms with Crippen LogP contribution in [0.15, 0.2) is 42.0 Å². The third-order valence-electron chi connectivity index (χ3n) is 4.02. The zero-order valence-electron chi connectivity index (χ0n) is 11.3. The van der Waals surface area contributed by atoms with Crippen LogP contribution < -0.4 is 4.74 Å². The Morgan fingerprint density at radius 3 is 2.33 bits per heavy atom. The van der Waals surface area contributed by atoms with Crippen molar-refractivity contribution in [1.82, 2.24) is 0 Å². The molecule has 0 aliphatic heterocycles. The van der Waals surface area contributed by atoms with Crippen LogP contribution in [0.1, 0.15) is 12.0 Å². The predicted octanol–water partition coefficient (Wildman–Crippen LogP) is 3.79. The van der Waals surface area contributed by atoms with Crippen molar-refractivity contribution in [3.05, 3.63) is 47.6 Å². The van der Waals surface area contributed by atoms with Crippen LogP contribution in [0.2, 0.25) is 0 Å². The van der Waals surface area contributed by atoms with Crippen LogP contribution in [0, 0.1) is 11.8 Å². The van der Waals surface area contributed by atoms with E-state index in [0.29, 0.717) is 23.3 Å². The Morgan fingerprint density at radius 1 is 1.14 bits per heavy atom. The lowest BCUT2D eigenvalue weighted by atomic mass is 9.89. The molecule has 5 heteroatoms.